The van der Waals surface area contributed by atoms with Crippen molar-refractivity contribution in [2.24, 2.45) is 0 Å². The van der Waals surface area contributed by atoms with Gasteiger partial charge in [-0.05, 0) is 0 Å². The van der Waals surface area contributed by atoms with Crippen molar-refractivity contribution in [2.45, 2.75) is 18.8 Å². The first-order chi connectivity index (χ1) is 10.0. The van der Waals surface area contributed by atoms with Gasteiger partial charge in [-0.15, -0.1) is 0 Å². The highest BCUT2D eigenvalue weighted by atomic mass is 19.3. The van der Waals surface area contributed by atoms with Crippen molar-refractivity contribution in [2.75, 3.05) is 38.3 Å². The third-order valence-electron chi connectivity index (χ3n) is 3.07. The largest absolute Gasteiger partial charge is 0.461 e. The minimum Gasteiger partial charge on any atom is -0.461 e. The average Bonchev–Trinajstić information content (AvgIpc) is 2.83. The van der Waals surface area contributed by atoms with Gasteiger partial charge in [-0.1, -0.05) is 0 Å². The van der Waals surface area contributed by atoms with E-state index in [-0.39, 0.29) is 31.1 Å². The molecule has 0 aromatic carbocycles. The van der Waals surface area contributed by atoms with Crippen LogP contribution in [0.15, 0.2) is 12.4 Å². The number of carbonyl (C=O) groups excluding carboxylic acids is 1. The smallest absolute Gasteiger partial charge is 0.360 e. The third kappa shape index (κ3) is 4.07. The lowest BCUT2D eigenvalue weighted by Gasteiger charge is -2.18. The van der Waals surface area contributed by atoms with Crippen LogP contribution < -0.4 is 4.90 Å². The zero-order valence-corrected chi connectivity index (χ0v) is 11.7. The van der Waals surface area contributed by atoms with Crippen LogP contribution in [0.25, 0.3) is 0 Å². The lowest BCUT2D eigenvalue weighted by molar-refractivity contribution is 0.0255. The number of ether oxygens (including phenoxy) is 2. The van der Waals surface area contributed by atoms with E-state index in [4.69, 9.17) is 9.47 Å². The molecule has 2 rings (SSSR count). The summed E-state index contributed by atoms with van der Waals surface area (Å²) in [6.07, 6.45) is 3.00. The molecule has 0 atom stereocenters. The molecule has 1 saturated heterocycles. The first-order valence-electron chi connectivity index (χ1n) is 6.63. The monoisotopic (exact) mass is 301 g/mol. The maximum Gasteiger partial charge on any atom is 0.360 e. The van der Waals surface area contributed by atoms with Crippen LogP contribution in [0.1, 0.15) is 23.3 Å². The highest BCUT2D eigenvalue weighted by Crippen LogP contribution is 2.30. The number of hydrogen-bond donors (Lipinski definition) is 0. The number of carbonyl (C=O) groups is 1. The Hall–Kier alpha value is -1.83. The first kappa shape index (κ1) is 15.6. The van der Waals surface area contributed by atoms with E-state index in [0.717, 1.165) is 0 Å². The van der Waals surface area contributed by atoms with E-state index in [2.05, 4.69) is 9.97 Å². The minimum atomic E-state index is -2.77. The van der Waals surface area contributed by atoms with E-state index in [9.17, 15) is 13.6 Å². The van der Waals surface area contributed by atoms with E-state index >= 15 is 0 Å². The Morgan fingerprint density at radius 2 is 2.14 bits per heavy atom. The van der Waals surface area contributed by atoms with Crippen LogP contribution in [0.4, 0.5) is 14.6 Å². The fourth-order valence-electron chi connectivity index (χ4n) is 2.06. The highest BCUT2D eigenvalue weighted by Gasteiger charge is 2.40. The fourth-order valence-corrected chi connectivity index (χ4v) is 2.06. The number of methoxy groups -OCH3 is 1. The Kier molecular flexibility index (Phi) is 5.00. The summed E-state index contributed by atoms with van der Waals surface area (Å²) in [6.45, 7) is 0.323. The highest BCUT2D eigenvalue weighted by molar-refractivity contribution is 5.92. The van der Waals surface area contributed by atoms with Crippen molar-refractivity contribution in [3.05, 3.63) is 18.1 Å². The van der Waals surface area contributed by atoms with Gasteiger partial charge in [0.1, 0.15) is 0 Å². The third-order valence-corrected chi connectivity index (χ3v) is 3.07. The molecule has 0 radical (unpaired) electrons. The second-order valence-corrected chi connectivity index (χ2v) is 4.74. The maximum absolute atomic E-state index is 13.3. The standard InChI is InChI=1S/C13H17F2N3O3/c1-20-7-2-8-21-12(19)10-11(17-5-4-16-10)18-6-3-13(14,15)9-18/h4-5H,2-3,6-9H2,1H3. The Morgan fingerprint density at radius 3 is 2.81 bits per heavy atom. The van der Waals surface area contributed by atoms with Crippen molar-refractivity contribution >= 4 is 11.8 Å². The molecule has 0 amide bonds. The Labute approximate surface area is 121 Å². The van der Waals surface area contributed by atoms with Crippen LogP contribution in [0.5, 0.6) is 0 Å². The molecule has 0 bridgehead atoms. The van der Waals surface area contributed by atoms with Gasteiger partial charge in [-0.3, -0.25) is 0 Å². The summed E-state index contributed by atoms with van der Waals surface area (Å²) >= 11 is 0. The number of aromatic nitrogens is 2. The van der Waals surface area contributed by atoms with Crippen molar-refractivity contribution in [1.29, 1.82) is 0 Å². The lowest BCUT2D eigenvalue weighted by atomic mass is 10.3. The zero-order valence-electron chi connectivity index (χ0n) is 11.7. The number of nitrogens with zero attached hydrogens (tertiary/aromatic N) is 3. The SMILES string of the molecule is COCCCOC(=O)c1nccnc1N1CCC(F)(F)C1. The number of hydrogen-bond acceptors (Lipinski definition) is 6. The molecular weight excluding hydrogens is 284 g/mol. The second kappa shape index (κ2) is 6.75. The summed E-state index contributed by atoms with van der Waals surface area (Å²) in [5, 5.41) is 0. The second-order valence-electron chi connectivity index (χ2n) is 4.74. The van der Waals surface area contributed by atoms with Gasteiger partial charge in [-0.2, -0.15) is 0 Å². The zero-order chi connectivity index (χ0) is 15.3. The van der Waals surface area contributed by atoms with E-state index < -0.39 is 18.4 Å². The van der Waals surface area contributed by atoms with E-state index in [1.54, 1.807) is 7.11 Å². The van der Waals surface area contributed by atoms with Crippen molar-refractivity contribution < 1.29 is 23.0 Å². The van der Waals surface area contributed by atoms with Crippen LogP contribution in [0.3, 0.4) is 0 Å². The Bertz CT molecular complexity index is 499. The molecule has 8 heteroatoms. The van der Waals surface area contributed by atoms with Crippen LogP contribution in [-0.2, 0) is 9.47 Å². The van der Waals surface area contributed by atoms with Crippen molar-refractivity contribution in [3.63, 3.8) is 0 Å². The number of alkyl halides is 2. The quantitative estimate of drug-likeness (QED) is 0.586. The predicted molar refractivity (Wildman–Crippen MR) is 70.6 cm³/mol. The molecule has 1 aliphatic rings. The van der Waals surface area contributed by atoms with E-state index in [0.29, 0.717) is 13.0 Å². The maximum atomic E-state index is 13.3. The topological polar surface area (TPSA) is 64.5 Å². The van der Waals surface area contributed by atoms with Gasteiger partial charge >= 0.3 is 5.97 Å². The van der Waals surface area contributed by atoms with Gasteiger partial charge in [0.15, 0.2) is 11.5 Å². The van der Waals surface area contributed by atoms with Gasteiger partial charge in [0.2, 0.25) is 0 Å². The molecule has 0 N–H and O–H groups in total. The normalized spacial score (nSPS) is 17.0. The van der Waals surface area contributed by atoms with Crippen LogP contribution in [0, 0.1) is 0 Å². The van der Waals surface area contributed by atoms with E-state index in [1.165, 1.54) is 17.3 Å². The molecule has 0 spiro atoms. The molecular formula is C13H17F2N3O3. The van der Waals surface area contributed by atoms with Gasteiger partial charge in [-0.25, -0.2) is 23.5 Å². The Morgan fingerprint density at radius 1 is 1.38 bits per heavy atom. The molecule has 0 aliphatic carbocycles. The molecule has 21 heavy (non-hydrogen) atoms. The molecule has 0 unspecified atom stereocenters. The molecule has 1 aromatic rings. The van der Waals surface area contributed by atoms with Crippen LogP contribution in [-0.4, -0.2) is 55.3 Å². The minimum absolute atomic E-state index is 0.0346. The number of rotatable bonds is 6. The molecule has 1 aliphatic heterocycles. The summed E-state index contributed by atoms with van der Waals surface area (Å²) in [6, 6.07) is 0. The molecule has 6 nitrogen and oxygen atoms in total. The Balaban J connectivity index is 2.05. The predicted octanol–water partition coefficient (Wildman–Crippen LogP) is 1.52. The van der Waals surface area contributed by atoms with Crippen molar-refractivity contribution in [3.8, 4) is 0 Å². The van der Waals surface area contributed by atoms with Crippen LogP contribution in [0.2, 0.25) is 0 Å². The average molecular weight is 301 g/mol. The van der Waals surface area contributed by atoms with Gasteiger partial charge < -0.3 is 14.4 Å². The number of anilines is 1. The summed E-state index contributed by atoms with van der Waals surface area (Å²) in [7, 11) is 1.55. The summed E-state index contributed by atoms with van der Waals surface area (Å²) in [4.78, 5) is 21.2. The summed E-state index contributed by atoms with van der Waals surface area (Å²) in [5.41, 5.74) is -0.0346. The first-order valence-corrected chi connectivity index (χ1v) is 6.63. The molecule has 0 saturated carbocycles. The van der Waals surface area contributed by atoms with Crippen LogP contribution >= 0.6 is 0 Å². The summed E-state index contributed by atoms with van der Waals surface area (Å²) in [5.74, 6) is -3.28. The number of esters is 1. The van der Waals surface area contributed by atoms with Gasteiger partial charge in [0, 0.05) is 45.5 Å². The molecule has 1 fully saturated rings. The fraction of sp³-hybridized carbons (Fsp3) is 0.615. The van der Waals surface area contributed by atoms with Gasteiger partial charge in [0.25, 0.3) is 5.92 Å². The molecule has 116 valence electrons. The van der Waals surface area contributed by atoms with Crippen molar-refractivity contribution in [1.82, 2.24) is 9.97 Å². The molecule has 1 aromatic heterocycles. The molecule has 2 heterocycles. The van der Waals surface area contributed by atoms with E-state index in [1.807, 2.05) is 0 Å². The summed E-state index contributed by atoms with van der Waals surface area (Å²) < 4.78 is 36.5. The lowest BCUT2D eigenvalue weighted by Crippen LogP contribution is -2.28. The number of halogens is 2. The van der Waals surface area contributed by atoms with Gasteiger partial charge in [0.05, 0.1) is 13.2 Å².